The molecule has 0 heterocycles. The van der Waals surface area contributed by atoms with Gasteiger partial charge in [-0.05, 0) is 38.0 Å². The highest BCUT2D eigenvalue weighted by atomic mass is 35.5. The Balaban J connectivity index is 0.00000400. The predicted octanol–water partition coefficient (Wildman–Crippen LogP) is 1.68. The van der Waals surface area contributed by atoms with E-state index in [4.69, 9.17) is 33.5 Å². The summed E-state index contributed by atoms with van der Waals surface area (Å²) in [5.74, 6) is 0.634. The monoisotopic (exact) mass is 333 g/mol. The summed E-state index contributed by atoms with van der Waals surface area (Å²) < 4.78 is 5.56. The fourth-order valence-corrected chi connectivity index (χ4v) is 1.76. The van der Waals surface area contributed by atoms with Crippen LogP contribution in [0.5, 0.6) is 5.75 Å². The smallest absolute Gasteiger partial charge is 0.218 e. The Morgan fingerprint density at radius 2 is 1.95 bits per heavy atom. The molecule has 6 nitrogen and oxygen atoms in total. The molecule has 0 aliphatic heterocycles. The second-order valence-corrected chi connectivity index (χ2v) is 4.87. The van der Waals surface area contributed by atoms with Crippen molar-refractivity contribution >= 4 is 35.9 Å². The maximum atomic E-state index is 6.14. The maximum Gasteiger partial charge on any atom is 0.218 e. The Hall–Kier alpha value is -1.66. The predicted molar refractivity (Wildman–Crippen MR) is 90.5 cm³/mol. The topological polar surface area (TPSA) is 112 Å². The van der Waals surface area contributed by atoms with E-state index in [1.165, 1.54) is 0 Å². The van der Waals surface area contributed by atoms with Crippen molar-refractivity contribution in [2.24, 2.45) is 27.2 Å². The molecule has 0 bridgehead atoms. The molecule has 0 saturated carbocycles. The second-order valence-electron chi connectivity index (χ2n) is 4.46. The van der Waals surface area contributed by atoms with E-state index in [1.807, 2.05) is 32.0 Å². The molecule has 0 aliphatic rings. The molecule has 8 heteroatoms. The second kappa shape index (κ2) is 9.31. The van der Waals surface area contributed by atoms with Crippen LogP contribution < -0.4 is 21.9 Å². The number of rotatable bonds is 5. The largest absolute Gasteiger partial charge is 0.489 e. The number of hydrogen-bond acceptors (Lipinski definition) is 2. The van der Waals surface area contributed by atoms with Crippen LogP contribution in [0.3, 0.4) is 0 Å². The molecule has 118 valence electrons. The lowest BCUT2D eigenvalue weighted by atomic mass is 10.1. The standard InChI is InChI=1S/C13H20ClN5O.ClH/c1-8(2)20-11-4-3-9(7-10(11)14)5-6-18-13(17)19-12(15)16;/h3-4,7-8H,5-6H2,1-2H3,(H6,15,16,17,18,19);1H. The van der Waals surface area contributed by atoms with Crippen LogP contribution in [0.25, 0.3) is 0 Å². The molecule has 0 spiro atoms. The first kappa shape index (κ1) is 19.3. The van der Waals surface area contributed by atoms with Gasteiger partial charge in [0.15, 0.2) is 5.96 Å². The lowest BCUT2D eigenvalue weighted by Gasteiger charge is -2.12. The fraction of sp³-hybridized carbons (Fsp3) is 0.385. The maximum absolute atomic E-state index is 6.14. The number of hydrogen-bond donors (Lipinski definition) is 3. The van der Waals surface area contributed by atoms with Crippen LogP contribution in [0.1, 0.15) is 19.4 Å². The molecule has 6 N–H and O–H groups in total. The van der Waals surface area contributed by atoms with Crippen LogP contribution in [-0.2, 0) is 6.42 Å². The van der Waals surface area contributed by atoms with Crippen molar-refractivity contribution in [3.05, 3.63) is 28.8 Å². The summed E-state index contributed by atoms with van der Waals surface area (Å²) in [6.45, 7) is 4.38. The summed E-state index contributed by atoms with van der Waals surface area (Å²) >= 11 is 6.14. The van der Waals surface area contributed by atoms with Crippen LogP contribution in [0.15, 0.2) is 28.2 Å². The minimum Gasteiger partial charge on any atom is -0.489 e. The molecular weight excluding hydrogens is 313 g/mol. The van der Waals surface area contributed by atoms with Gasteiger partial charge in [-0.15, -0.1) is 12.4 Å². The van der Waals surface area contributed by atoms with E-state index >= 15 is 0 Å². The van der Waals surface area contributed by atoms with Gasteiger partial charge in [0, 0.05) is 6.54 Å². The quantitative estimate of drug-likeness (QED) is 0.562. The molecular formula is C13H21Cl2N5O. The third-order valence-electron chi connectivity index (χ3n) is 2.28. The highest BCUT2D eigenvalue weighted by molar-refractivity contribution is 6.32. The van der Waals surface area contributed by atoms with Gasteiger partial charge < -0.3 is 21.9 Å². The number of aliphatic imine (C=N–C) groups is 2. The molecule has 0 fully saturated rings. The summed E-state index contributed by atoms with van der Waals surface area (Å²) in [5.41, 5.74) is 16.9. The van der Waals surface area contributed by atoms with E-state index in [-0.39, 0.29) is 30.4 Å². The lowest BCUT2D eigenvalue weighted by Crippen LogP contribution is -2.26. The Kier molecular flexibility index (Phi) is 8.57. The lowest BCUT2D eigenvalue weighted by molar-refractivity contribution is 0.242. The molecule has 0 aromatic heterocycles. The zero-order valence-corrected chi connectivity index (χ0v) is 13.6. The van der Waals surface area contributed by atoms with Gasteiger partial charge in [0.05, 0.1) is 11.1 Å². The van der Waals surface area contributed by atoms with Gasteiger partial charge >= 0.3 is 0 Å². The SMILES string of the molecule is CC(C)Oc1ccc(CCN=C(N)N=C(N)N)cc1Cl.Cl. The molecule has 1 aromatic rings. The van der Waals surface area contributed by atoms with Crippen molar-refractivity contribution in [1.82, 2.24) is 0 Å². The summed E-state index contributed by atoms with van der Waals surface area (Å²) in [6, 6.07) is 5.64. The first-order valence-corrected chi connectivity index (χ1v) is 6.61. The Labute approximate surface area is 135 Å². The van der Waals surface area contributed by atoms with E-state index < -0.39 is 0 Å². The van der Waals surface area contributed by atoms with Gasteiger partial charge in [0.25, 0.3) is 0 Å². The minimum atomic E-state index is -0.107. The molecule has 0 saturated heterocycles. The van der Waals surface area contributed by atoms with Crippen LogP contribution in [0, 0.1) is 0 Å². The van der Waals surface area contributed by atoms with E-state index in [0.29, 0.717) is 23.7 Å². The first-order chi connectivity index (χ1) is 9.38. The van der Waals surface area contributed by atoms with E-state index in [9.17, 15) is 0 Å². The molecule has 0 amide bonds. The molecule has 21 heavy (non-hydrogen) atoms. The summed E-state index contributed by atoms with van der Waals surface area (Å²) in [6.07, 6.45) is 0.768. The molecule has 0 unspecified atom stereocenters. The third kappa shape index (κ3) is 7.63. The van der Waals surface area contributed by atoms with Gasteiger partial charge in [0.2, 0.25) is 5.96 Å². The number of ether oxygens (including phenoxy) is 1. The molecule has 0 aliphatic carbocycles. The number of benzene rings is 1. The van der Waals surface area contributed by atoms with Crippen molar-refractivity contribution in [1.29, 1.82) is 0 Å². The molecule has 0 atom stereocenters. The fourth-order valence-electron chi connectivity index (χ4n) is 1.52. The normalized spacial score (nSPS) is 11.0. The highest BCUT2D eigenvalue weighted by Gasteiger charge is 2.05. The number of nitrogens with zero attached hydrogens (tertiary/aromatic N) is 2. The van der Waals surface area contributed by atoms with Gasteiger partial charge in [-0.25, -0.2) is 0 Å². The average Bonchev–Trinajstić information content (AvgIpc) is 2.31. The van der Waals surface area contributed by atoms with Crippen LogP contribution in [0.4, 0.5) is 0 Å². The Morgan fingerprint density at radius 3 is 2.48 bits per heavy atom. The van der Waals surface area contributed by atoms with Gasteiger partial charge in [-0.1, -0.05) is 17.7 Å². The third-order valence-corrected chi connectivity index (χ3v) is 2.57. The minimum absolute atomic E-state index is 0. The zero-order valence-electron chi connectivity index (χ0n) is 12.0. The van der Waals surface area contributed by atoms with Crippen molar-refractivity contribution < 1.29 is 4.74 Å². The summed E-state index contributed by atoms with van der Waals surface area (Å²) in [4.78, 5) is 7.66. The van der Waals surface area contributed by atoms with Crippen molar-refractivity contribution in [3.8, 4) is 5.75 Å². The van der Waals surface area contributed by atoms with Crippen LogP contribution >= 0.6 is 24.0 Å². The van der Waals surface area contributed by atoms with Crippen molar-refractivity contribution in [2.75, 3.05) is 6.54 Å². The average molecular weight is 334 g/mol. The first-order valence-electron chi connectivity index (χ1n) is 6.23. The molecule has 1 aromatic carbocycles. The van der Waals surface area contributed by atoms with Gasteiger partial charge in [-0.2, -0.15) is 4.99 Å². The molecule has 1 rings (SSSR count). The number of nitrogens with two attached hydrogens (primary N) is 3. The van der Waals surface area contributed by atoms with E-state index in [2.05, 4.69) is 9.98 Å². The van der Waals surface area contributed by atoms with E-state index in [1.54, 1.807) is 0 Å². The van der Waals surface area contributed by atoms with Crippen molar-refractivity contribution in [3.63, 3.8) is 0 Å². The van der Waals surface area contributed by atoms with Crippen LogP contribution in [0.2, 0.25) is 5.02 Å². The Morgan fingerprint density at radius 1 is 1.29 bits per heavy atom. The van der Waals surface area contributed by atoms with E-state index in [0.717, 1.165) is 5.56 Å². The zero-order chi connectivity index (χ0) is 15.1. The number of halogens is 2. The summed E-state index contributed by atoms with van der Waals surface area (Å²) in [5, 5.41) is 0.581. The number of guanidine groups is 2. The van der Waals surface area contributed by atoms with Crippen molar-refractivity contribution in [2.45, 2.75) is 26.4 Å². The summed E-state index contributed by atoms with van der Waals surface area (Å²) in [7, 11) is 0. The highest BCUT2D eigenvalue weighted by Crippen LogP contribution is 2.26. The van der Waals surface area contributed by atoms with Crippen LogP contribution in [-0.4, -0.2) is 24.6 Å². The van der Waals surface area contributed by atoms with Gasteiger partial charge in [-0.3, -0.25) is 4.99 Å². The molecule has 0 radical (unpaired) electrons. The van der Waals surface area contributed by atoms with Gasteiger partial charge in [0.1, 0.15) is 5.75 Å². The Bertz CT molecular complexity index is 513.